The van der Waals surface area contributed by atoms with Gasteiger partial charge in [0.15, 0.2) is 0 Å². The Bertz CT molecular complexity index is 332. The standard InChI is InChI=1S/C15H21NO/c1-3-9-15(10-4-1)17-14-8-2-5-11-16-12-6-7-13-16/h1,3-4,6-7,9-10H,2,5,8,11-14H2/p+1. The van der Waals surface area contributed by atoms with Crippen LogP contribution < -0.4 is 4.74 Å². The van der Waals surface area contributed by atoms with Crippen LogP contribution in [0.1, 0.15) is 20.7 Å². The number of para-hydroxylation sites is 1. The lowest BCUT2D eigenvalue weighted by Gasteiger charge is -2.14. The van der Waals surface area contributed by atoms with Gasteiger partial charge < -0.3 is 4.74 Å². The molecule has 0 saturated heterocycles. The lowest BCUT2D eigenvalue weighted by atomic mass is 10.2. The molecule has 2 rings (SSSR count). The molecule has 0 fully saturated rings. The van der Waals surface area contributed by atoms with Gasteiger partial charge in [0, 0.05) is 13.1 Å². The molecule has 1 aromatic carbocycles. The number of unbranched alkanes of at least 4 members (excludes halogenated alkanes) is 2. The average molecular weight is 232 g/mol. The van der Waals surface area contributed by atoms with Gasteiger partial charge in [0.05, 0.1) is 6.61 Å². The fourth-order valence-electron chi connectivity index (χ4n) is 2.03. The highest BCUT2D eigenvalue weighted by atomic mass is 16.5. The van der Waals surface area contributed by atoms with E-state index in [1.165, 1.54) is 19.4 Å². The first-order chi connectivity index (χ1) is 8.45. The van der Waals surface area contributed by atoms with E-state index in [0.717, 1.165) is 31.9 Å². The van der Waals surface area contributed by atoms with Crippen LogP contribution in [-0.2, 0) is 0 Å². The normalized spacial score (nSPS) is 15.3. The summed E-state index contributed by atoms with van der Waals surface area (Å²) in [6.07, 6.45) is 8.18. The molecule has 0 aliphatic carbocycles. The molecular weight excluding hydrogens is 210 g/mol. The fraction of sp³-hybridized carbons (Fsp3) is 0.467. The van der Waals surface area contributed by atoms with E-state index in [-0.39, 0.29) is 1.43 Å². The Kier molecular flexibility index (Phi) is 5.11. The molecule has 1 aliphatic rings. The minimum atomic E-state index is 0. The summed E-state index contributed by atoms with van der Waals surface area (Å²) < 4.78 is 5.65. The van der Waals surface area contributed by atoms with Gasteiger partial charge in [0.2, 0.25) is 0 Å². The molecule has 0 radical (unpaired) electrons. The topological polar surface area (TPSA) is 12.5 Å². The highest BCUT2D eigenvalue weighted by Crippen LogP contribution is 2.09. The Balaban J connectivity index is 0.00000162. The first kappa shape index (κ1) is 12.2. The Morgan fingerprint density at radius 3 is 2.53 bits per heavy atom. The molecule has 0 bridgehead atoms. The van der Waals surface area contributed by atoms with Crippen molar-refractivity contribution in [3.63, 3.8) is 0 Å². The van der Waals surface area contributed by atoms with E-state index in [9.17, 15) is 0 Å². The van der Waals surface area contributed by atoms with Gasteiger partial charge in [-0.15, -0.1) is 0 Å². The monoisotopic (exact) mass is 232 g/mol. The van der Waals surface area contributed by atoms with Gasteiger partial charge in [-0.3, -0.25) is 4.90 Å². The number of ether oxygens (including phenoxy) is 1. The SMILES string of the molecule is C1=CCN(CCCCCOc2ccccc2)C1.[H+]. The third-order valence-corrected chi connectivity index (χ3v) is 3.02. The number of hydrogen-bond donors (Lipinski definition) is 0. The van der Waals surface area contributed by atoms with Crippen molar-refractivity contribution in [1.82, 2.24) is 4.90 Å². The lowest BCUT2D eigenvalue weighted by Crippen LogP contribution is -2.21. The quantitative estimate of drug-likeness (QED) is 0.528. The van der Waals surface area contributed by atoms with Crippen LogP contribution in [0.15, 0.2) is 42.5 Å². The van der Waals surface area contributed by atoms with E-state index in [1.807, 2.05) is 30.3 Å². The molecule has 0 aromatic heterocycles. The molecule has 17 heavy (non-hydrogen) atoms. The molecule has 0 saturated carbocycles. The second kappa shape index (κ2) is 7.13. The van der Waals surface area contributed by atoms with Crippen molar-refractivity contribution in [2.45, 2.75) is 19.3 Å². The maximum Gasteiger partial charge on any atom is 1.00 e. The first-order valence-corrected chi connectivity index (χ1v) is 6.50. The van der Waals surface area contributed by atoms with Gasteiger partial charge in [-0.2, -0.15) is 0 Å². The summed E-state index contributed by atoms with van der Waals surface area (Å²) in [5.41, 5.74) is 0. The molecular formula is C15H22NO+. The van der Waals surface area contributed by atoms with Crippen molar-refractivity contribution >= 4 is 0 Å². The molecule has 0 spiro atoms. The molecule has 0 unspecified atom stereocenters. The predicted molar refractivity (Wildman–Crippen MR) is 72.5 cm³/mol. The van der Waals surface area contributed by atoms with E-state index in [4.69, 9.17) is 4.74 Å². The van der Waals surface area contributed by atoms with Crippen LogP contribution in [0.4, 0.5) is 0 Å². The van der Waals surface area contributed by atoms with Crippen LogP contribution in [0, 0.1) is 0 Å². The van der Waals surface area contributed by atoms with Gasteiger partial charge >= 0.3 is 1.43 Å². The minimum absolute atomic E-state index is 0. The van der Waals surface area contributed by atoms with Gasteiger partial charge in [0.1, 0.15) is 5.75 Å². The average Bonchev–Trinajstić information content (AvgIpc) is 2.88. The fourth-order valence-corrected chi connectivity index (χ4v) is 2.03. The Hall–Kier alpha value is -1.28. The zero-order valence-corrected chi connectivity index (χ0v) is 10.3. The van der Waals surface area contributed by atoms with Gasteiger partial charge in [0.25, 0.3) is 0 Å². The summed E-state index contributed by atoms with van der Waals surface area (Å²) >= 11 is 0. The van der Waals surface area contributed by atoms with Crippen LogP contribution in [-0.4, -0.2) is 31.1 Å². The first-order valence-electron chi connectivity index (χ1n) is 6.50. The van der Waals surface area contributed by atoms with Crippen LogP contribution in [0.5, 0.6) is 5.75 Å². The van der Waals surface area contributed by atoms with Crippen molar-refractivity contribution < 1.29 is 6.16 Å². The number of hydrogen-bond acceptors (Lipinski definition) is 2. The minimum Gasteiger partial charge on any atom is -0.494 e. The smallest absolute Gasteiger partial charge is 0.494 e. The van der Waals surface area contributed by atoms with Gasteiger partial charge in [-0.05, 0) is 37.9 Å². The van der Waals surface area contributed by atoms with E-state index in [1.54, 1.807) is 0 Å². The summed E-state index contributed by atoms with van der Waals surface area (Å²) in [5.74, 6) is 0.983. The lowest BCUT2D eigenvalue weighted by molar-refractivity contribution is 0.293. The van der Waals surface area contributed by atoms with Crippen LogP contribution in [0.3, 0.4) is 0 Å². The Labute approximate surface area is 105 Å². The summed E-state index contributed by atoms with van der Waals surface area (Å²) in [7, 11) is 0. The van der Waals surface area contributed by atoms with Gasteiger partial charge in [-0.1, -0.05) is 30.4 Å². The van der Waals surface area contributed by atoms with E-state index < -0.39 is 0 Å². The largest absolute Gasteiger partial charge is 1.00 e. The maximum atomic E-state index is 5.65. The summed E-state index contributed by atoms with van der Waals surface area (Å²) in [5, 5.41) is 0. The van der Waals surface area contributed by atoms with Crippen LogP contribution >= 0.6 is 0 Å². The second-order valence-electron chi connectivity index (χ2n) is 4.45. The molecule has 2 heteroatoms. The zero-order valence-electron chi connectivity index (χ0n) is 11.3. The van der Waals surface area contributed by atoms with Crippen molar-refractivity contribution in [2.75, 3.05) is 26.2 Å². The molecule has 0 atom stereocenters. The highest BCUT2D eigenvalue weighted by molar-refractivity contribution is 5.20. The molecule has 1 aromatic rings. The number of nitrogens with zero attached hydrogens (tertiary/aromatic N) is 1. The molecule has 2 nitrogen and oxygen atoms in total. The Morgan fingerprint density at radius 2 is 1.76 bits per heavy atom. The van der Waals surface area contributed by atoms with E-state index in [0.29, 0.717) is 0 Å². The van der Waals surface area contributed by atoms with Crippen molar-refractivity contribution in [3.8, 4) is 5.75 Å². The maximum absolute atomic E-state index is 5.65. The molecule has 0 amide bonds. The van der Waals surface area contributed by atoms with E-state index in [2.05, 4.69) is 17.1 Å². The third-order valence-electron chi connectivity index (χ3n) is 3.02. The van der Waals surface area contributed by atoms with Gasteiger partial charge in [-0.25, -0.2) is 0 Å². The Morgan fingerprint density at radius 1 is 1.00 bits per heavy atom. The predicted octanol–water partition coefficient (Wildman–Crippen LogP) is 3.22. The molecule has 1 aliphatic heterocycles. The summed E-state index contributed by atoms with van der Waals surface area (Å²) in [6, 6.07) is 10.0. The van der Waals surface area contributed by atoms with Crippen molar-refractivity contribution in [2.24, 2.45) is 0 Å². The van der Waals surface area contributed by atoms with E-state index >= 15 is 0 Å². The number of benzene rings is 1. The zero-order chi connectivity index (χ0) is 11.8. The van der Waals surface area contributed by atoms with Crippen LogP contribution in [0.2, 0.25) is 0 Å². The summed E-state index contributed by atoms with van der Waals surface area (Å²) in [4.78, 5) is 2.47. The van der Waals surface area contributed by atoms with Crippen LogP contribution in [0.25, 0.3) is 0 Å². The number of rotatable bonds is 7. The highest BCUT2D eigenvalue weighted by Gasteiger charge is 2.04. The molecule has 92 valence electrons. The summed E-state index contributed by atoms with van der Waals surface area (Å²) in [6.45, 7) is 4.33. The third kappa shape index (κ3) is 4.61. The van der Waals surface area contributed by atoms with Crippen molar-refractivity contribution in [3.05, 3.63) is 42.5 Å². The second-order valence-corrected chi connectivity index (χ2v) is 4.45. The van der Waals surface area contributed by atoms with Crippen molar-refractivity contribution in [1.29, 1.82) is 0 Å². The molecule has 1 heterocycles. The molecule has 0 N–H and O–H groups in total.